The monoisotopic (exact) mass is 529 g/mol. The number of anilines is 1. The first-order chi connectivity index (χ1) is 17.6. The number of hydrogen-bond donors (Lipinski definition) is 1. The van der Waals surface area contributed by atoms with Crippen molar-refractivity contribution in [3.8, 4) is 0 Å². The van der Waals surface area contributed by atoms with Gasteiger partial charge in [0, 0.05) is 13.1 Å². The molecule has 1 N–H and O–H groups in total. The lowest BCUT2D eigenvalue weighted by Crippen LogP contribution is -2.51. The van der Waals surface area contributed by atoms with Crippen molar-refractivity contribution in [2.45, 2.75) is 37.8 Å². The minimum absolute atomic E-state index is 0.0426. The van der Waals surface area contributed by atoms with E-state index in [4.69, 9.17) is 0 Å². The predicted octanol–water partition coefficient (Wildman–Crippen LogP) is 4.10. The SMILES string of the molecule is CCCNC(=O)[C@@H](C)N(Cc1ccc(F)cc1)C(=O)CN(c1ccccc1)S(=O)(=O)c1ccc(F)cc1. The summed E-state index contributed by atoms with van der Waals surface area (Å²) in [7, 11) is -4.27. The maximum absolute atomic E-state index is 13.7. The van der Waals surface area contributed by atoms with Gasteiger partial charge < -0.3 is 10.2 Å². The quantitative estimate of drug-likeness (QED) is 0.405. The summed E-state index contributed by atoms with van der Waals surface area (Å²) in [4.78, 5) is 27.5. The molecule has 0 fully saturated rings. The summed E-state index contributed by atoms with van der Waals surface area (Å²) in [6, 6.07) is 16.9. The Balaban J connectivity index is 1.98. The number of hydrogen-bond acceptors (Lipinski definition) is 4. The zero-order chi connectivity index (χ0) is 27.0. The molecule has 37 heavy (non-hydrogen) atoms. The van der Waals surface area contributed by atoms with Crippen LogP contribution >= 0.6 is 0 Å². The van der Waals surface area contributed by atoms with E-state index in [-0.39, 0.29) is 17.1 Å². The number of benzene rings is 3. The number of nitrogens with zero attached hydrogens (tertiary/aromatic N) is 2. The Morgan fingerprint density at radius 1 is 0.892 bits per heavy atom. The fraction of sp³-hybridized carbons (Fsp3) is 0.259. The van der Waals surface area contributed by atoms with Crippen LogP contribution in [0, 0.1) is 11.6 Å². The largest absolute Gasteiger partial charge is 0.354 e. The van der Waals surface area contributed by atoms with Gasteiger partial charge >= 0.3 is 0 Å². The van der Waals surface area contributed by atoms with Gasteiger partial charge in [-0.25, -0.2) is 17.2 Å². The molecule has 0 heterocycles. The number of para-hydroxylation sites is 1. The average Bonchev–Trinajstić information content (AvgIpc) is 2.90. The van der Waals surface area contributed by atoms with Crippen molar-refractivity contribution in [3.05, 3.63) is 96.1 Å². The summed E-state index contributed by atoms with van der Waals surface area (Å²) in [5.74, 6) is -2.09. The molecule has 0 radical (unpaired) electrons. The van der Waals surface area contributed by atoms with Crippen molar-refractivity contribution in [1.82, 2.24) is 10.2 Å². The fourth-order valence-electron chi connectivity index (χ4n) is 3.62. The fourth-order valence-corrected chi connectivity index (χ4v) is 5.04. The number of sulfonamides is 1. The van der Waals surface area contributed by atoms with E-state index in [1.165, 1.54) is 41.3 Å². The van der Waals surface area contributed by atoms with Gasteiger partial charge in [0.25, 0.3) is 10.0 Å². The standard InChI is InChI=1S/C27H29F2N3O4S/c1-3-17-30-27(34)20(2)31(18-21-9-11-22(28)12-10-21)26(33)19-32(24-7-5-4-6-8-24)37(35,36)25-15-13-23(29)14-16-25/h4-16,20H,3,17-19H2,1-2H3,(H,30,34)/t20-/m1/s1. The lowest BCUT2D eigenvalue weighted by Gasteiger charge is -2.32. The van der Waals surface area contributed by atoms with Crippen molar-refractivity contribution < 1.29 is 26.8 Å². The Bertz CT molecular complexity index is 1300. The maximum Gasteiger partial charge on any atom is 0.264 e. The summed E-state index contributed by atoms with van der Waals surface area (Å²) >= 11 is 0. The normalized spacial score (nSPS) is 12.0. The van der Waals surface area contributed by atoms with Gasteiger partial charge in [0.05, 0.1) is 10.6 Å². The van der Waals surface area contributed by atoms with Crippen LogP contribution in [0.15, 0.2) is 83.8 Å². The molecule has 7 nitrogen and oxygen atoms in total. The van der Waals surface area contributed by atoms with Crippen LogP contribution in [-0.4, -0.2) is 44.3 Å². The van der Waals surface area contributed by atoms with E-state index >= 15 is 0 Å². The van der Waals surface area contributed by atoms with Crippen molar-refractivity contribution in [2.24, 2.45) is 0 Å². The van der Waals surface area contributed by atoms with Gasteiger partial charge in [-0.15, -0.1) is 0 Å². The zero-order valence-corrected chi connectivity index (χ0v) is 21.4. The Morgan fingerprint density at radius 3 is 2.03 bits per heavy atom. The molecule has 0 saturated heterocycles. The smallest absolute Gasteiger partial charge is 0.264 e. The van der Waals surface area contributed by atoms with Crippen LogP contribution in [-0.2, 0) is 26.2 Å². The van der Waals surface area contributed by atoms with E-state index in [1.54, 1.807) is 25.1 Å². The van der Waals surface area contributed by atoms with E-state index in [1.807, 2.05) is 6.92 Å². The molecule has 196 valence electrons. The predicted molar refractivity (Wildman–Crippen MR) is 137 cm³/mol. The van der Waals surface area contributed by atoms with Gasteiger partial charge in [-0.3, -0.25) is 13.9 Å². The Hall–Kier alpha value is -3.79. The molecular weight excluding hydrogens is 500 g/mol. The number of rotatable bonds is 11. The molecule has 1 atom stereocenters. The number of carbonyl (C=O) groups is 2. The van der Waals surface area contributed by atoms with E-state index in [2.05, 4.69) is 5.32 Å². The lowest BCUT2D eigenvalue weighted by molar-refractivity contribution is -0.139. The van der Waals surface area contributed by atoms with Crippen LogP contribution in [0.2, 0.25) is 0 Å². The van der Waals surface area contributed by atoms with Crippen molar-refractivity contribution in [2.75, 3.05) is 17.4 Å². The molecule has 0 aliphatic heterocycles. The first kappa shape index (κ1) is 27.8. The summed E-state index contributed by atoms with van der Waals surface area (Å²) in [6.07, 6.45) is 0.696. The molecule has 0 spiro atoms. The van der Waals surface area contributed by atoms with Crippen LogP contribution < -0.4 is 9.62 Å². The highest BCUT2D eigenvalue weighted by Crippen LogP contribution is 2.24. The van der Waals surface area contributed by atoms with Gasteiger partial charge in [0.2, 0.25) is 11.8 Å². The molecule has 0 aliphatic carbocycles. The number of halogens is 2. The minimum Gasteiger partial charge on any atom is -0.354 e. The van der Waals surface area contributed by atoms with Crippen LogP contribution in [0.3, 0.4) is 0 Å². The topological polar surface area (TPSA) is 86.8 Å². The molecule has 0 aromatic heterocycles. The average molecular weight is 530 g/mol. The van der Waals surface area contributed by atoms with Gasteiger partial charge in [-0.1, -0.05) is 37.3 Å². The maximum atomic E-state index is 13.7. The molecule has 0 unspecified atom stereocenters. The van der Waals surface area contributed by atoms with Crippen LogP contribution in [0.25, 0.3) is 0 Å². The van der Waals surface area contributed by atoms with Gasteiger partial charge in [-0.2, -0.15) is 0 Å². The van der Waals surface area contributed by atoms with Crippen LogP contribution in [0.4, 0.5) is 14.5 Å². The highest BCUT2D eigenvalue weighted by Gasteiger charge is 2.32. The van der Waals surface area contributed by atoms with Crippen molar-refractivity contribution >= 4 is 27.5 Å². The van der Waals surface area contributed by atoms with E-state index in [0.717, 1.165) is 28.6 Å². The number of nitrogens with one attached hydrogen (secondary N) is 1. The number of carbonyl (C=O) groups excluding carboxylic acids is 2. The second-order valence-electron chi connectivity index (χ2n) is 8.42. The third-order valence-electron chi connectivity index (χ3n) is 5.71. The second-order valence-corrected chi connectivity index (χ2v) is 10.3. The first-order valence-electron chi connectivity index (χ1n) is 11.8. The van der Waals surface area contributed by atoms with Gasteiger partial charge in [0.1, 0.15) is 24.2 Å². The highest BCUT2D eigenvalue weighted by atomic mass is 32.2. The molecule has 0 saturated carbocycles. The third-order valence-corrected chi connectivity index (χ3v) is 7.50. The molecule has 3 rings (SSSR count). The number of amides is 2. The second kappa shape index (κ2) is 12.4. The molecule has 2 amide bonds. The Labute approximate surface area is 215 Å². The Morgan fingerprint density at radius 2 is 1.46 bits per heavy atom. The molecule has 3 aromatic carbocycles. The van der Waals surface area contributed by atoms with Crippen molar-refractivity contribution in [1.29, 1.82) is 0 Å². The molecule has 3 aromatic rings. The molecule has 0 bridgehead atoms. The summed E-state index contributed by atoms with van der Waals surface area (Å²) in [5.41, 5.74) is 0.794. The first-order valence-corrected chi connectivity index (χ1v) is 13.2. The summed E-state index contributed by atoms with van der Waals surface area (Å²) in [6.45, 7) is 3.20. The van der Waals surface area contributed by atoms with E-state index in [0.29, 0.717) is 18.5 Å². The Kier molecular flexibility index (Phi) is 9.35. The van der Waals surface area contributed by atoms with Crippen molar-refractivity contribution in [3.63, 3.8) is 0 Å². The van der Waals surface area contributed by atoms with Gasteiger partial charge in [0.15, 0.2) is 0 Å². The van der Waals surface area contributed by atoms with Gasteiger partial charge in [-0.05, 0) is 67.4 Å². The molecule has 0 aliphatic rings. The molecular formula is C27H29F2N3O4S. The van der Waals surface area contributed by atoms with E-state index < -0.39 is 46.1 Å². The zero-order valence-electron chi connectivity index (χ0n) is 20.6. The van der Waals surface area contributed by atoms with E-state index in [9.17, 15) is 26.8 Å². The summed E-state index contributed by atoms with van der Waals surface area (Å²) < 4.78 is 55.0. The highest BCUT2D eigenvalue weighted by molar-refractivity contribution is 7.92. The minimum atomic E-state index is -4.27. The molecule has 10 heteroatoms. The lowest BCUT2D eigenvalue weighted by atomic mass is 10.1. The summed E-state index contributed by atoms with van der Waals surface area (Å²) in [5, 5.41) is 2.75. The van der Waals surface area contributed by atoms with Crippen LogP contribution in [0.5, 0.6) is 0 Å². The third kappa shape index (κ3) is 7.13. The van der Waals surface area contributed by atoms with Crippen LogP contribution in [0.1, 0.15) is 25.8 Å².